The summed E-state index contributed by atoms with van der Waals surface area (Å²) >= 11 is 1.06. The number of hydrogen-bond acceptors (Lipinski definition) is 3. The van der Waals surface area contributed by atoms with Gasteiger partial charge in [-0.25, -0.2) is 9.18 Å². The van der Waals surface area contributed by atoms with Gasteiger partial charge in [0.1, 0.15) is 5.82 Å². The number of imide groups is 1. The van der Waals surface area contributed by atoms with E-state index in [-0.39, 0.29) is 5.82 Å². The average molecular weight is 318 g/mol. The Kier molecular flexibility index (Phi) is 5.55. The minimum Gasteiger partial charge on any atom is -0.308 e. The number of nitrogens with one attached hydrogen (secondary N) is 2. The van der Waals surface area contributed by atoms with Crippen molar-refractivity contribution in [2.75, 3.05) is 5.32 Å². The fourth-order valence-corrected chi connectivity index (χ4v) is 2.57. The summed E-state index contributed by atoms with van der Waals surface area (Å²) < 4.78 is 13.5. The molecule has 0 aliphatic heterocycles. The predicted octanol–water partition coefficient (Wildman–Crippen LogP) is 3.65. The smallest absolute Gasteiger partial charge is 0.308 e. The minimum atomic E-state index is -0.614. The maximum Gasteiger partial charge on any atom is 0.325 e. The molecule has 0 aromatic heterocycles. The molecule has 0 bridgehead atoms. The van der Waals surface area contributed by atoms with Gasteiger partial charge in [0.15, 0.2) is 0 Å². The van der Waals surface area contributed by atoms with Crippen molar-refractivity contribution >= 4 is 29.4 Å². The van der Waals surface area contributed by atoms with E-state index in [1.807, 2.05) is 6.07 Å². The van der Waals surface area contributed by atoms with Crippen LogP contribution >= 0.6 is 11.8 Å². The maximum absolute atomic E-state index is 13.5. The summed E-state index contributed by atoms with van der Waals surface area (Å²) in [6, 6.07) is 14.4. The number of rotatable bonds is 4. The monoisotopic (exact) mass is 318 g/mol. The Bertz CT molecular complexity index is 664. The third-order valence-corrected chi connectivity index (χ3v) is 3.93. The number of amides is 3. The molecule has 2 rings (SSSR count). The van der Waals surface area contributed by atoms with Gasteiger partial charge in [0.2, 0.25) is 5.91 Å². The highest BCUT2D eigenvalue weighted by Gasteiger charge is 2.18. The van der Waals surface area contributed by atoms with E-state index in [1.165, 1.54) is 6.07 Å². The molecule has 0 saturated carbocycles. The molecule has 0 aliphatic rings. The number of carbonyl (C=O) groups is 2. The van der Waals surface area contributed by atoms with Crippen molar-refractivity contribution in [2.24, 2.45) is 0 Å². The predicted molar refractivity (Wildman–Crippen MR) is 85.3 cm³/mol. The lowest BCUT2D eigenvalue weighted by molar-refractivity contribution is -0.119. The van der Waals surface area contributed by atoms with Gasteiger partial charge in [-0.3, -0.25) is 10.1 Å². The van der Waals surface area contributed by atoms with Crippen molar-refractivity contribution in [3.8, 4) is 0 Å². The number of carbonyl (C=O) groups excluding carboxylic acids is 2. The second-order valence-corrected chi connectivity index (χ2v) is 5.88. The molecule has 0 fully saturated rings. The summed E-state index contributed by atoms with van der Waals surface area (Å²) in [5.74, 6) is -0.873. The standard InChI is InChI=1S/C16H15FN2O2S/c1-11(22-14-10-6-5-9-13(14)17)15(20)19-16(21)18-12-7-3-2-4-8-12/h2-11H,1H3,(H2,18,19,20,21). The van der Waals surface area contributed by atoms with Gasteiger partial charge in [-0.1, -0.05) is 30.3 Å². The van der Waals surface area contributed by atoms with Crippen LogP contribution < -0.4 is 10.6 Å². The molecular formula is C16H15FN2O2S. The molecule has 2 aromatic carbocycles. The van der Waals surface area contributed by atoms with Gasteiger partial charge in [0.05, 0.1) is 5.25 Å². The fourth-order valence-electron chi connectivity index (χ4n) is 1.68. The lowest BCUT2D eigenvalue weighted by Gasteiger charge is -2.12. The van der Waals surface area contributed by atoms with E-state index in [4.69, 9.17) is 0 Å². The second-order valence-electron chi connectivity index (χ2n) is 4.50. The van der Waals surface area contributed by atoms with Crippen molar-refractivity contribution in [1.29, 1.82) is 0 Å². The van der Waals surface area contributed by atoms with Crippen LogP contribution in [-0.4, -0.2) is 17.2 Å². The van der Waals surface area contributed by atoms with Gasteiger partial charge in [-0.05, 0) is 31.2 Å². The van der Waals surface area contributed by atoms with Crippen molar-refractivity contribution in [2.45, 2.75) is 17.1 Å². The molecule has 22 heavy (non-hydrogen) atoms. The molecule has 2 aromatic rings. The first-order valence-electron chi connectivity index (χ1n) is 6.64. The Morgan fingerprint density at radius 2 is 1.68 bits per heavy atom. The van der Waals surface area contributed by atoms with E-state index >= 15 is 0 Å². The molecule has 0 saturated heterocycles. The zero-order valence-corrected chi connectivity index (χ0v) is 12.7. The van der Waals surface area contributed by atoms with E-state index < -0.39 is 17.2 Å². The van der Waals surface area contributed by atoms with Crippen LogP contribution in [0.3, 0.4) is 0 Å². The van der Waals surface area contributed by atoms with Crippen LogP contribution in [0.15, 0.2) is 59.5 Å². The van der Waals surface area contributed by atoms with Crippen LogP contribution in [0.5, 0.6) is 0 Å². The molecule has 0 heterocycles. The van der Waals surface area contributed by atoms with Crippen LogP contribution in [0.1, 0.15) is 6.92 Å². The van der Waals surface area contributed by atoms with Crippen molar-refractivity contribution < 1.29 is 14.0 Å². The third kappa shape index (κ3) is 4.60. The van der Waals surface area contributed by atoms with Crippen molar-refractivity contribution in [3.05, 3.63) is 60.4 Å². The van der Waals surface area contributed by atoms with E-state index in [1.54, 1.807) is 49.4 Å². The molecule has 0 aliphatic carbocycles. The second kappa shape index (κ2) is 7.61. The number of benzene rings is 2. The molecule has 0 radical (unpaired) electrons. The lowest BCUT2D eigenvalue weighted by Crippen LogP contribution is -2.38. The Morgan fingerprint density at radius 1 is 1.05 bits per heavy atom. The van der Waals surface area contributed by atoms with Crippen molar-refractivity contribution in [1.82, 2.24) is 5.32 Å². The fraction of sp³-hybridized carbons (Fsp3) is 0.125. The molecule has 1 atom stereocenters. The van der Waals surface area contributed by atoms with Crippen LogP contribution in [-0.2, 0) is 4.79 Å². The minimum absolute atomic E-state index is 0.369. The normalized spacial score (nSPS) is 11.5. The van der Waals surface area contributed by atoms with Gasteiger partial charge in [0.25, 0.3) is 0 Å². The van der Waals surface area contributed by atoms with Crippen molar-refractivity contribution in [3.63, 3.8) is 0 Å². The molecule has 3 amide bonds. The van der Waals surface area contributed by atoms with Crippen LogP contribution in [0, 0.1) is 5.82 Å². The zero-order valence-electron chi connectivity index (χ0n) is 11.9. The van der Waals surface area contributed by atoms with Gasteiger partial charge < -0.3 is 5.32 Å². The first kappa shape index (κ1) is 16.0. The third-order valence-electron chi connectivity index (χ3n) is 2.78. The number of hydrogen-bond donors (Lipinski definition) is 2. The number of thioether (sulfide) groups is 1. The summed E-state index contributed by atoms with van der Waals surface area (Å²) in [5, 5.41) is 4.19. The Morgan fingerprint density at radius 3 is 2.36 bits per heavy atom. The Balaban J connectivity index is 1.88. The summed E-state index contributed by atoms with van der Waals surface area (Å²) in [4.78, 5) is 24.0. The molecular weight excluding hydrogens is 303 g/mol. The molecule has 0 spiro atoms. The van der Waals surface area contributed by atoms with Crippen LogP contribution in [0.4, 0.5) is 14.9 Å². The quantitative estimate of drug-likeness (QED) is 0.846. The zero-order chi connectivity index (χ0) is 15.9. The topological polar surface area (TPSA) is 58.2 Å². The number of urea groups is 1. The summed E-state index contributed by atoms with van der Waals surface area (Å²) in [5.41, 5.74) is 0.585. The molecule has 114 valence electrons. The Labute approximate surface area is 132 Å². The van der Waals surface area contributed by atoms with Gasteiger partial charge in [0, 0.05) is 10.6 Å². The lowest BCUT2D eigenvalue weighted by atomic mass is 10.3. The summed E-state index contributed by atoms with van der Waals surface area (Å²) in [7, 11) is 0. The van der Waals surface area contributed by atoms with Gasteiger partial charge in [-0.15, -0.1) is 11.8 Å². The van der Waals surface area contributed by atoms with Crippen LogP contribution in [0.2, 0.25) is 0 Å². The van der Waals surface area contributed by atoms with E-state index in [0.29, 0.717) is 10.6 Å². The largest absolute Gasteiger partial charge is 0.325 e. The van der Waals surface area contributed by atoms with Gasteiger partial charge >= 0.3 is 6.03 Å². The molecule has 4 nitrogen and oxygen atoms in total. The summed E-state index contributed by atoms with van der Waals surface area (Å²) in [6.07, 6.45) is 0. The molecule has 1 unspecified atom stereocenters. The molecule has 2 N–H and O–H groups in total. The highest BCUT2D eigenvalue weighted by atomic mass is 32.2. The van der Waals surface area contributed by atoms with E-state index in [2.05, 4.69) is 10.6 Å². The average Bonchev–Trinajstić information content (AvgIpc) is 2.50. The van der Waals surface area contributed by atoms with Gasteiger partial charge in [-0.2, -0.15) is 0 Å². The first-order chi connectivity index (χ1) is 10.6. The Hall–Kier alpha value is -2.34. The van der Waals surface area contributed by atoms with Crippen LogP contribution in [0.25, 0.3) is 0 Å². The number of anilines is 1. The highest BCUT2D eigenvalue weighted by Crippen LogP contribution is 2.25. The summed E-state index contributed by atoms with van der Waals surface area (Å²) in [6.45, 7) is 1.61. The maximum atomic E-state index is 13.5. The molecule has 6 heteroatoms. The van der Waals surface area contributed by atoms with E-state index in [0.717, 1.165) is 11.8 Å². The SMILES string of the molecule is CC(Sc1ccccc1F)C(=O)NC(=O)Nc1ccccc1. The van der Waals surface area contributed by atoms with E-state index in [9.17, 15) is 14.0 Å². The first-order valence-corrected chi connectivity index (χ1v) is 7.52. The highest BCUT2D eigenvalue weighted by molar-refractivity contribution is 8.00. The number of halogens is 1. The number of para-hydroxylation sites is 1.